The van der Waals surface area contributed by atoms with Crippen molar-refractivity contribution in [3.63, 3.8) is 0 Å². The predicted molar refractivity (Wildman–Crippen MR) is 110 cm³/mol. The molecule has 2 aliphatic heterocycles. The molecule has 0 aliphatic carbocycles. The van der Waals surface area contributed by atoms with E-state index < -0.39 is 0 Å². The van der Waals surface area contributed by atoms with E-state index >= 15 is 0 Å². The minimum Gasteiger partial charge on any atom is -0.454 e. The summed E-state index contributed by atoms with van der Waals surface area (Å²) in [5.74, 6) is 1.74. The van der Waals surface area contributed by atoms with Gasteiger partial charge in [-0.15, -0.1) is 11.3 Å². The van der Waals surface area contributed by atoms with Gasteiger partial charge in [0.2, 0.25) is 6.79 Å². The first-order chi connectivity index (χ1) is 13.3. The molecule has 0 bridgehead atoms. The molecular weight excluding hydrogens is 356 g/mol. The van der Waals surface area contributed by atoms with Crippen LogP contribution in [0.5, 0.6) is 11.5 Å². The summed E-state index contributed by atoms with van der Waals surface area (Å²) in [6.07, 6.45) is 0. The molecule has 0 saturated carbocycles. The van der Waals surface area contributed by atoms with Gasteiger partial charge in [0.15, 0.2) is 11.5 Å². The number of aryl methyl sites for hydroxylation is 1. The monoisotopic (exact) mass is 380 g/mol. The van der Waals surface area contributed by atoms with Crippen molar-refractivity contribution in [2.24, 2.45) is 0 Å². The zero-order chi connectivity index (χ0) is 18.2. The van der Waals surface area contributed by atoms with E-state index in [0.717, 1.165) is 50.8 Å². The van der Waals surface area contributed by atoms with Gasteiger partial charge < -0.3 is 9.47 Å². The van der Waals surface area contributed by atoms with Crippen LogP contribution in [0.4, 0.5) is 0 Å². The van der Waals surface area contributed by atoms with Gasteiger partial charge in [0.25, 0.3) is 0 Å². The van der Waals surface area contributed by atoms with Gasteiger partial charge in [-0.3, -0.25) is 9.80 Å². The molecule has 2 aromatic carbocycles. The standard InChI is InChI=1S/C22H24N2O2S/c1-16-19(18-4-2-3-5-22(18)27-16)14-24-10-8-23(9-11-24)13-17-6-7-20-21(12-17)26-15-25-20/h2-7,12H,8-11,13-15H2,1H3. The molecule has 27 heavy (non-hydrogen) atoms. The van der Waals surface area contributed by atoms with Crippen molar-refractivity contribution in [1.82, 2.24) is 9.80 Å². The number of benzene rings is 2. The Bertz CT molecular complexity index is 960. The average Bonchev–Trinajstić information content (AvgIpc) is 3.27. The number of nitrogens with zero attached hydrogens (tertiary/aromatic N) is 2. The minimum absolute atomic E-state index is 0.341. The summed E-state index contributed by atoms with van der Waals surface area (Å²) in [6, 6.07) is 15.1. The first-order valence-corrected chi connectivity index (χ1v) is 10.4. The molecule has 0 amide bonds. The predicted octanol–water partition coefficient (Wildman–Crippen LogP) is 4.26. The Balaban J connectivity index is 1.21. The molecule has 0 N–H and O–H groups in total. The molecule has 4 nitrogen and oxygen atoms in total. The van der Waals surface area contributed by atoms with Gasteiger partial charge in [-0.25, -0.2) is 0 Å². The molecule has 5 rings (SSSR count). The fourth-order valence-electron chi connectivity index (χ4n) is 4.04. The Hall–Kier alpha value is -2.08. The molecule has 1 aromatic heterocycles. The summed E-state index contributed by atoms with van der Waals surface area (Å²) in [5, 5.41) is 1.43. The maximum atomic E-state index is 5.50. The molecule has 2 aliphatic rings. The first-order valence-electron chi connectivity index (χ1n) is 9.56. The molecule has 0 unspecified atom stereocenters. The molecule has 1 fully saturated rings. The number of ether oxygens (including phenoxy) is 2. The lowest BCUT2D eigenvalue weighted by Gasteiger charge is -2.34. The van der Waals surface area contributed by atoms with E-state index in [1.165, 1.54) is 26.1 Å². The molecule has 140 valence electrons. The summed E-state index contributed by atoms with van der Waals surface area (Å²) >= 11 is 1.92. The van der Waals surface area contributed by atoms with Crippen molar-refractivity contribution in [2.75, 3.05) is 33.0 Å². The van der Waals surface area contributed by atoms with Gasteiger partial charge >= 0.3 is 0 Å². The molecule has 3 heterocycles. The summed E-state index contributed by atoms with van der Waals surface area (Å²) in [7, 11) is 0. The van der Waals surface area contributed by atoms with E-state index in [0.29, 0.717) is 6.79 Å². The lowest BCUT2D eigenvalue weighted by molar-refractivity contribution is 0.122. The van der Waals surface area contributed by atoms with E-state index in [-0.39, 0.29) is 0 Å². The van der Waals surface area contributed by atoms with E-state index in [1.54, 1.807) is 0 Å². The average molecular weight is 381 g/mol. The number of rotatable bonds is 4. The van der Waals surface area contributed by atoms with E-state index in [2.05, 4.69) is 53.1 Å². The van der Waals surface area contributed by atoms with Gasteiger partial charge in [0, 0.05) is 48.8 Å². The van der Waals surface area contributed by atoms with Gasteiger partial charge in [0.1, 0.15) is 0 Å². The van der Waals surface area contributed by atoms with Crippen molar-refractivity contribution < 1.29 is 9.47 Å². The Morgan fingerprint density at radius 3 is 2.48 bits per heavy atom. The largest absolute Gasteiger partial charge is 0.454 e. The topological polar surface area (TPSA) is 24.9 Å². The van der Waals surface area contributed by atoms with Crippen LogP contribution in [-0.2, 0) is 13.1 Å². The molecule has 3 aromatic rings. The lowest BCUT2D eigenvalue weighted by atomic mass is 10.1. The zero-order valence-electron chi connectivity index (χ0n) is 15.6. The van der Waals surface area contributed by atoms with Crippen molar-refractivity contribution in [3.8, 4) is 11.5 Å². The van der Waals surface area contributed by atoms with Crippen LogP contribution in [0.15, 0.2) is 42.5 Å². The highest BCUT2D eigenvalue weighted by atomic mass is 32.1. The van der Waals surface area contributed by atoms with Crippen molar-refractivity contribution in [2.45, 2.75) is 20.0 Å². The van der Waals surface area contributed by atoms with Crippen molar-refractivity contribution in [3.05, 3.63) is 58.5 Å². The van der Waals surface area contributed by atoms with Gasteiger partial charge in [-0.1, -0.05) is 24.3 Å². The quantitative estimate of drug-likeness (QED) is 0.675. The van der Waals surface area contributed by atoms with Crippen LogP contribution >= 0.6 is 11.3 Å². The summed E-state index contributed by atoms with van der Waals surface area (Å²) < 4.78 is 12.3. The number of piperazine rings is 1. The van der Waals surface area contributed by atoms with E-state index in [4.69, 9.17) is 9.47 Å². The van der Waals surface area contributed by atoms with Gasteiger partial charge in [-0.2, -0.15) is 0 Å². The third kappa shape index (κ3) is 3.43. The van der Waals surface area contributed by atoms with Crippen LogP contribution < -0.4 is 9.47 Å². The molecule has 5 heteroatoms. The lowest BCUT2D eigenvalue weighted by Crippen LogP contribution is -2.45. The Labute approximate surface area is 163 Å². The number of hydrogen-bond acceptors (Lipinski definition) is 5. The van der Waals surface area contributed by atoms with Crippen LogP contribution in [0.3, 0.4) is 0 Å². The summed E-state index contributed by atoms with van der Waals surface area (Å²) in [4.78, 5) is 6.59. The highest BCUT2D eigenvalue weighted by Crippen LogP contribution is 2.33. The molecular formula is C22H24N2O2S. The molecule has 1 saturated heterocycles. The number of thiophene rings is 1. The van der Waals surface area contributed by atoms with E-state index in [1.807, 2.05) is 17.4 Å². The van der Waals surface area contributed by atoms with Crippen LogP contribution in [0.25, 0.3) is 10.1 Å². The first kappa shape index (κ1) is 17.0. The number of fused-ring (bicyclic) bond motifs is 2. The Kier molecular flexibility index (Phi) is 4.52. The van der Waals surface area contributed by atoms with Gasteiger partial charge in [-0.05, 0) is 41.6 Å². The molecule has 0 spiro atoms. The molecule has 0 atom stereocenters. The van der Waals surface area contributed by atoms with Gasteiger partial charge in [0.05, 0.1) is 0 Å². The van der Waals surface area contributed by atoms with Crippen molar-refractivity contribution >= 4 is 21.4 Å². The second-order valence-electron chi connectivity index (χ2n) is 7.37. The molecule has 0 radical (unpaired) electrons. The highest BCUT2D eigenvalue weighted by molar-refractivity contribution is 7.19. The number of hydrogen-bond donors (Lipinski definition) is 0. The summed E-state index contributed by atoms with van der Waals surface area (Å²) in [6.45, 7) is 9.09. The third-order valence-corrected chi connectivity index (χ3v) is 6.72. The minimum atomic E-state index is 0.341. The fourth-order valence-corrected chi connectivity index (χ4v) is 5.12. The fraction of sp³-hybridized carbons (Fsp3) is 0.364. The maximum Gasteiger partial charge on any atom is 0.231 e. The summed E-state index contributed by atoms with van der Waals surface area (Å²) in [5.41, 5.74) is 2.81. The zero-order valence-corrected chi connectivity index (χ0v) is 16.4. The second-order valence-corrected chi connectivity index (χ2v) is 8.63. The smallest absolute Gasteiger partial charge is 0.231 e. The van der Waals surface area contributed by atoms with Crippen LogP contribution in [-0.4, -0.2) is 42.8 Å². The van der Waals surface area contributed by atoms with Crippen molar-refractivity contribution in [1.29, 1.82) is 0 Å². The maximum absolute atomic E-state index is 5.50. The van der Waals surface area contributed by atoms with Crippen LogP contribution in [0, 0.1) is 6.92 Å². The SMILES string of the molecule is Cc1sc2ccccc2c1CN1CCN(Cc2ccc3c(c2)OCO3)CC1. The van der Waals surface area contributed by atoms with E-state index in [9.17, 15) is 0 Å². The second kappa shape index (κ2) is 7.15. The van der Waals surface area contributed by atoms with Crippen LogP contribution in [0.1, 0.15) is 16.0 Å². The third-order valence-electron chi connectivity index (χ3n) is 5.59. The van der Waals surface area contributed by atoms with Crippen LogP contribution in [0.2, 0.25) is 0 Å². The Morgan fingerprint density at radius 1 is 0.889 bits per heavy atom. The normalized spacial score (nSPS) is 17.7. The highest BCUT2D eigenvalue weighted by Gasteiger charge is 2.20. The Morgan fingerprint density at radius 2 is 1.63 bits per heavy atom.